The predicted molar refractivity (Wildman–Crippen MR) is 87.4 cm³/mol. The van der Waals surface area contributed by atoms with E-state index in [1.54, 1.807) is 12.1 Å². The number of hydrogen-bond donors (Lipinski definition) is 1. The Kier molecular flexibility index (Phi) is 6.14. The standard InChI is InChI=1S/C15H22BrN3O2/c1-2-8-18(11-13-4-3-7-17-13)10-12-5-6-14(16)15(9-12)19(20)21/h5-6,9,13,17H,2-4,7-8,10-11H2,1H3. The fourth-order valence-corrected chi connectivity index (χ4v) is 3.22. The van der Waals surface area contributed by atoms with Crippen molar-refractivity contribution in [2.45, 2.75) is 38.8 Å². The zero-order chi connectivity index (χ0) is 15.2. The van der Waals surface area contributed by atoms with Gasteiger partial charge in [0.25, 0.3) is 5.69 Å². The first-order chi connectivity index (χ1) is 10.1. The molecule has 1 unspecified atom stereocenters. The highest BCUT2D eigenvalue weighted by atomic mass is 79.9. The molecular weight excluding hydrogens is 334 g/mol. The van der Waals surface area contributed by atoms with E-state index in [-0.39, 0.29) is 10.6 Å². The van der Waals surface area contributed by atoms with E-state index >= 15 is 0 Å². The Hall–Kier alpha value is -0.980. The molecule has 1 aromatic carbocycles. The summed E-state index contributed by atoms with van der Waals surface area (Å²) in [6, 6.07) is 5.96. The fraction of sp³-hybridized carbons (Fsp3) is 0.600. The summed E-state index contributed by atoms with van der Waals surface area (Å²) in [6.45, 7) is 6.06. The van der Waals surface area contributed by atoms with E-state index in [9.17, 15) is 10.1 Å². The summed E-state index contributed by atoms with van der Waals surface area (Å²) in [5.41, 5.74) is 1.14. The molecule has 0 aliphatic carbocycles. The number of nitrogens with one attached hydrogen (secondary N) is 1. The normalized spacial score (nSPS) is 18.3. The molecule has 0 bridgehead atoms. The smallest absolute Gasteiger partial charge is 0.283 e. The second-order valence-electron chi connectivity index (χ2n) is 5.57. The monoisotopic (exact) mass is 355 g/mol. The van der Waals surface area contributed by atoms with Crippen LogP contribution in [0.4, 0.5) is 5.69 Å². The fourth-order valence-electron chi connectivity index (χ4n) is 2.83. The lowest BCUT2D eigenvalue weighted by Gasteiger charge is -2.25. The van der Waals surface area contributed by atoms with Crippen LogP contribution in [0.5, 0.6) is 0 Å². The Bertz CT molecular complexity index is 490. The van der Waals surface area contributed by atoms with Gasteiger partial charge in [0.15, 0.2) is 0 Å². The molecular formula is C15H22BrN3O2. The molecule has 6 heteroatoms. The minimum atomic E-state index is -0.337. The molecule has 0 spiro atoms. The quantitative estimate of drug-likeness (QED) is 0.602. The van der Waals surface area contributed by atoms with Crippen molar-refractivity contribution in [1.29, 1.82) is 0 Å². The van der Waals surface area contributed by atoms with Crippen molar-refractivity contribution in [1.82, 2.24) is 10.2 Å². The number of nitro groups is 1. The van der Waals surface area contributed by atoms with Crippen molar-refractivity contribution in [2.24, 2.45) is 0 Å². The molecule has 1 N–H and O–H groups in total. The largest absolute Gasteiger partial charge is 0.313 e. The molecule has 116 valence electrons. The van der Waals surface area contributed by atoms with Gasteiger partial charge < -0.3 is 5.32 Å². The molecule has 1 atom stereocenters. The van der Waals surface area contributed by atoms with Gasteiger partial charge in [-0.05, 0) is 59.9 Å². The van der Waals surface area contributed by atoms with E-state index in [4.69, 9.17) is 0 Å². The average molecular weight is 356 g/mol. The van der Waals surface area contributed by atoms with Crippen molar-refractivity contribution < 1.29 is 4.92 Å². The Balaban J connectivity index is 2.05. The van der Waals surface area contributed by atoms with Crippen LogP contribution in [0.2, 0.25) is 0 Å². The van der Waals surface area contributed by atoms with E-state index in [1.807, 2.05) is 6.07 Å². The molecule has 5 nitrogen and oxygen atoms in total. The molecule has 1 saturated heterocycles. The molecule has 0 radical (unpaired) electrons. The van der Waals surface area contributed by atoms with Crippen LogP contribution in [-0.2, 0) is 6.54 Å². The van der Waals surface area contributed by atoms with Crippen LogP contribution in [0.1, 0.15) is 31.7 Å². The Morgan fingerprint density at radius 1 is 1.52 bits per heavy atom. The third kappa shape index (κ3) is 4.76. The number of benzene rings is 1. The van der Waals surface area contributed by atoms with Crippen molar-refractivity contribution >= 4 is 21.6 Å². The number of nitrogens with zero attached hydrogens (tertiary/aromatic N) is 2. The van der Waals surface area contributed by atoms with E-state index in [2.05, 4.69) is 33.1 Å². The Labute approximate surface area is 134 Å². The van der Waals surface area contributed by atoms with Crippen LogP contribution in [0.3, 0.4) is 0 Å². The molecule has 21 heavy (non-hydrogen) atoms. The number of hydrogen-bond acceptors (Lipinski definition) is 4. The first-order valence-electron chi connectivity index (χ1n) is 7.48. The summed E-state index contributed by atoms with van der Waals surface area (Å²) in [6.07, 6.45) is 3.56. The van der Waals surface area contributed by atoms with Gasteiger partial charge in [-0.3, -0.25) is 15.0 Å². The molecule has 2 rings (SSSR count). The van der Waals surface area contributed by atoms with Gasteiger partial charge in [0.2, 0.25) is 0 Å². The van der Waals surface area contributed by atoms with Crippen LogP contribution in [0.25, 0.3) is 0 Å². The zero-order valence-electron chi connectivity index (χ0n) is 12.3. The third-order valence-electron chi connectivity index (χ3n) is 3.79. The SMILES string of the molecule is CCCN(Cc1ccc(Br)c([N+](=O)[O-])c1)CC1CCCN1. The highest BCUT2D eigenvalue weighted by molar-refractivity contribution is 9.10. The molecule has 1 heterocycles. The summed E-state index contributed by atoms with van der Waals surface area (Å²) < 4.78 is 0.538. The number of rotatable bonds is 7. The molecule has 0 amide bonds. The lowest BCUT2D eigenvalue weighted by molar-refractivity contribution is -0.385. The minimum Gasteiger partial charge on any atom is -0.313 e. The van der Waals surface area contributed by atoms with Crippen LogP contribution in [0, 0.1) is 10.1 Å². The van der Waals surface area contributed by atoms with Gasteiger partial charge in [-0.15, -0.1) is 0 Å². The molecule has 0 aromatic heterocycles. The van der Waals surface area contributed by atoms with Crippen LogP contribution >= 0.6 is 15.9 Å². The summed E-state index contributed by atoms with van der Waals surface area (Å²) in [5, 5.41) is 14.5. The lowest BCUT2D eigenvalue weighted by atomic mass is 10.1. The maximum Gasteiger partial charge on any atom is 0.283 e. The van der Waals surface area contributed by atoms with Crippen LogP contribution in [0.15, 0.2) is 22.7 Å². The molecule has 1 aliphatic rings. The third-order valence-corrected chi connectivity index (χ3v) is 4.46. The zero-order valence-corrected chi connectivity index (χ0v) is 13.9. The number of nitro benzene ring substituents is 1. The van der Waals surface area contributed by atoms with Crippen LogP contribution < -0.4 is 5.32 Å². The molecule has 0 saturated carbocycles. The van der Waals surface area contributed by atoms with Gasteiger partial charge in [-0.2, -0.15) is 0 Å². The minimum absolute atomic E-state index is 0.142. The van der Waals surface area contributed by atoms with Gasteiger partial charge in [0.1, 0.15) is 0 Å². The Morgan fingerprint density at radius 3 is 2.95 bits per heavy atom. The number of halogens is 1. The topological polar surface area (TPSA) is 58.4 Å². The molecule has 1 aliphatic heterocycles. The van der Waals surface area contributed by atoms with E-state index in [1.165, 1.54) is 12.8 Å². The van der Waals surface area contributed by atoms with Gasteiger partial charge >= 0.3 is 0 Å². The average Bonchev–Trinajstić information content (AvgIpc) is 2.94. The second kappa shape index (κ2) is 7.87. The molecule has 1 fully saturated rings. The van der Waals surface area contributed by atoms with Crippen molar-refractivity contribution in [3.8, 4) is 0 Å². The predicted octanol–water partition coefficient (Wildman–Crippen LogP) is 3.32. The van der Waals surface area contributed by atoms with Crippen molar-refractivity contribution in [3.63, 3.8) is 0 Å². The van der Waals surface area contributed by atoms with Crippen molar-refractivity contribution in [2.75, 3.05) is 19.6 Å². The van der Waals surface area contributed by atoms with Gasteiger partial charge in [0, 0.05) is 25.2 Å². The van der Waals surface area contributed by atoms with Gasteiger partial charge in [0.05, 0.1) is 9.40 Å². The maximum absolute atomic E-state index is 11.0. The first-order valence-corrected chi connectivity index (χ1v) is 8.28. The second-order valence-corrected chi connectivity index (χ2v) is 6.43. The van der Waals surface area contributed by atoms with Crippen LogP contribution in [-0.4, -0.2) is 35.5 Å². The van der Waals surface area contributed by atoms with Gasteiger partial charge in [-0.1, -0.05) is 13.0 Å². The van der Waals surface area contributed by atoms with Gasteiger partial charge in [-0.25, -0.2) is 0 Å². The van der Waals surface area contributed by atoms with Crippen molar-refractivity contribution in [3.05, 3.63) is 38.3 Å². The highest BCUT2D eigenvalue weighted by Crippen LogP contribution is 2.26. The summed E-state index contributed by atoms with van der Waals surface area (Å²) in [5.74, 6) is 0. The first kappa shape index (κ1) is 16.4. The van der Waals surface area contributed by atoms with E-state index < -0.39 is 0 Å². The summed E-state index contributed by atoms with van der Waals surface area (Å²) in [4.78, 5) is 13.1. The Morgan fingerprint density at radius 2 is 2.33 bits per heavy atom. The van der Waals surface area contributed by atoms with E-state index in [0.717, 1.165) is 38.2 Å². The maximum atomic E-state index is 11.0. The summed E-state index contributed by atoms with van der Waals surface area (Å²) >= 11 is 3.23. The highest BCUT2D eigenvalue weighted by Gasteiger charge is 2.19. The lowest BCUT2D eigenvalue weighted by Crippen LogP contribution is -2.37. The van der Waals surface area contributed by atoms with E-state index in [0.29, 0.717) is 10.5 Å². The molecule has 1 aromatic rings. The summed E-state index contributed by atoms with van der Waals surface area (Å²) in [7, 11) is 0.